The molecule has 0 unspecified atom stereocenters. The van der Waals surface area contributed by atoms with Crippen LogP contribution in [0.4, 0.5) is 0 Å². The normalized spacial score (nSPS) is 7.90. The Morgan fingerprint density at radius 2 is 1.05 bits per heavy atom. The Kier molecular flexibility index (Phi) is 37.9. The second-order valence-electron chi connectivity index (χ2n) is 2.91. The van der Waals surface area contributed by atoms with Crippen molar-refractivity contribution in [1.82, 2.24) is 0 Å². The number of hydrogen-bond acceptors (Lipinski definition) is 9. The molecule has 0 rings (SSSR count). The molecular weight excluding hydrogens is 348 g/mol. The van der Waals surface area contributed by atoms with Crippen molar-refractivity contribution in [3.8, 4) is 0 Å². The third kappa shape index (κ3) is 27.6. The molecule has 0 aromatic rings. The van der Waals surface area contributed by atoms with Gasteiger partial charge in [-0.2, -0.15) is 0 Å². The average molecular weight is 356 g/mol. The number of carboxylic acids is 4. The van der Waals surface area contributed by atoms with Crippen LogP contribution in [-0.2, 0) is 19.2 Å². The van der Waals surface area contributed by atoms with Crippen molar-refractivity contribution in [2.45, 2.75) is 25.4 Å². The SMILES string of the molecule is CC(=O)[O-].O=C([O-])CC(O)(CC(=O)[O-])C(=O)[O-].[K+].[Na+].[Na+].[Na+]. The summed E-state index contributed by atoms with van der Waals surface area (Å²) in [5.74, 6) is -7.07. The number of rotatable bonds is 5. The van der Waals surface area contributed by atoms with Crippen LogP contribution in [0.1, 0.15) is 19.8 Å². The Hall–Kier alpha value is 2.48. The first-order valence-corrected chi connectivity index (χ1v) is 4.02. The molecule has 0 aliphatic heterocycles. The quantitative estimate of drug-likeness (QED) is 0.468. The molecule has 98 valence electrons. The van der Waals surface area contributed by atoms with Crippen LogP contribution in [0, 0.1) is 0 Å². The first kappa shape index (κ1) is 38.8. The molecule has 9 nitrogen and oxygen atoms in total. The third-order valence-corrected chi connectivity index (χ3v) is 1.25. The average Bonchev–Trinajstić information content (AvgIpc) is 1.98. The summed E-state index contributed by atoms with van der Waals surface area (Å²) in [7, 11) is 0. The minimum Gasteiger partial charge on any atom is -0.550 e. The monoisotopic (exact) mass is 356 g/mol. The molecule has 0 spiro atoms. The minimum absolute atomic E-state index is 0. The van der Waals surface area contributed by atoms with E-state index in [1.165, 1.54) is 0 Å². The number of carboxylic acid groups (broad SMARTS) is 4. The summed E-state index contributed by atoms with van der Waals surface area (Å²) < 4.78 is 0. The van der Waals surface area contributed by atoms with Crippen LogP contribution < -0.4 is 160 Å². The molecule has 21 heavy (non-hydrogen) atoms. The largest absolute Gasteiger partial charge is 1.00 e. The van der Waals surface area contributed by atoms with E-state index in [1.807, 2.05) is 0 Å². The van der Waals surface area contributed by atoms with E-state index in [1.54, 1.807) is 0 Å². The van der Waals surface area contributed by atoms with Gasteiger partial charge in [-0.15, -0.1) is 0 Å². The van der Waals surface area contributed by atoms with E-state index in [-0.39, 0.29) is 140 Å². The van der Waals surface area contributed by atoms with Gasteiger partial charge in [0.1, 0.15) is 5.60 Å². The Morgan fingerprint density at radius 1 is 0.857 bits per heavy atom. The zero-order valence-electron chi connectivity index (χ0n) is 12.6. The van der Waals surface area contributed by atoms with E-state index in [0.29, 0.717) is 0 Å². The molecular formula is C8H8KNa3O9. The molecule has 0 saturated carbocycles. The van der Waals surface area contributed by atoms with Gasteiger partial charge in [-0.3, -0.25) is 0 Å². The fraction of sp³-hybridized carbons (Fsp3) is 0.500. The Bertz CT molecular complexity index is 317. The van der Waals surface area contributed by atoms with Crippen LogP contribution in [0.15, 0.2) is 0 Å². The van der Waals surface area contributed by atoms with Crippen molar-refractivity contribution in [2.75, 3.05) is 0 Å². The Morgan fingerprint density at radius 3 is 1.14 bits per heavy atom. The molecule has 0 heterocycles. The van der Waals surface area contributed by atoms with E-state index in [0.717, 1.165) is 6.92 Å². The second kappa shape index (κ2) is 20.5. The van der Waals surface area contributed by atoms with E-state index < -0.39 is 42.3 Å². The van der Waals surface area contributed by atoms with E-state index in [2.05, 4.69) is 0 Å². The number of hydrogen-bond donors (Lipinski definition) is 1. The minimum atomic E-state index is -2.97. The Balaban J connectivity index is -0.0000000629. The standard InChI is InChI=1S/C6H8O7.C2H4O2.K.3Na/c7-3(8)1-6(13,5(11)12)2-4(9)10;1-2(3)4;;;;/h13H,1-2H2,(H,7,8)(H,9,10)(H,11,12);1H3,(H,3,4);;;;/q;;4*+1/p-4. The number of aliphatic hydroxyl groups is 1. The summed E-state index contributed by atoms with van der Waals surface area (Å²) in [5.41, 5.74) is -2.97. The van der Waals surface area contributed by atoms with Gasteiger partial charge in [0.05, 0.1) is 5.97 Å². The van der Waals surface area contributed by atoms with Gasteiger partial charge in [0.15, 0.2) is 0 Å². The van der Waals surface area contributed by atoms with Crippen molar-refractivity contribution in [1.29, 1.82) is 0 Å². The summed E-state index contributed by atoms with van der Waals surface area (Å²) in [6.07, 6.45) is -2.72. The van der Waals surface area contributed by atoms with E-state index in [4.69, 9.17) is 15.0 Å². The van der Waals surface area contributed by atoms with Crippen molar-refractivity contribution >= 4 is 23.9 Å². The maximum absolute atomic E-state index is 10.1. The molecule has 0 aliphatic carbocycles. The summed E-state index contributed by atoms with van der Waals surface area (Å²) in [5, 5.41) is 47.8. The molecule has 0 aliphatic rings. The Labute approximate surface area is 229 Å². The maximum atomic E-state index is 10.1. The number of carbonyl (C=O) groups excluding carboxylic acids is 4. The van der Waals surface area contributed by atoms with Gasteiger partial charge >= 0.3 is 140 Å². The van der Waals surface area contributed by atoms with Crippen LogP contribution in [-0.4, -0.2) is 34.6 Å². The summed E-state index contributed by atoms with van der Waals surface area (Å²) in [4.78, 5) is 38.9. The first-order valence-electron chi connectivity index (χ1n) is 4.02. The number of carbonyl (C=O) groups is 4. The first-order chi connectivity index (χ1) is 7.51. The molecule has 1 N–H and O–H groups in total. The van der Waals surface area contributed by atoms with Crippen LogP contribution in [0.5, 0.6) is 0 Å². The van der Waals surface area contributed by atoms with Crippen LogP contribution in [0.25, 0.3) is 0 Å². The van der Waals surface area contributed by atoms with E-state index in [9.17, 15) is 29.7 Å². The van der Waals surface area contributed by atoms with Crippen molar-refractivity contribution in [3.63, 3.8) is 0 Å². The molecule has 0 saturated heterocycles. The van der Waals surface area contributed by atoms with Gasteiger partial charge < -0.3 is 44.7 Å². The van der Waals surface area contributed by atoms with Gasteiger partial charge in [-0.1, -0.05) is 0 Å². The van der Waals surface area contributed by atoms with Gasteiger partial charge in [0.2, 0.25) is 0 Å². The fourth-order valence-corrected chi connectivity index (χ4v) is 0.684. The zero-order chi connectivity index (χ0) is 14.2. The molecule has 0 aromatic heterocycles. The topological polar surface area (TPSA) is 181 Å². The van der Waals surface area contributed by atoms with Gasteiger partial charge in [-0.05, 0) is 6.92 Å². The maximum Gasteiger partial charge on any atom is 1.00 e. The fourth-order valence-electron chi connectivity index (χ4n) is 0.684. The smallest absolute Gasteiger partial charge is 0.550 e. The van der Waals surface area contributed by atoms with Crippen molar-refractivity contribution in [3.05, 3.63) is 0 Å². The second-order valence-corrected chi connectivity index (χ2v) is 2.91. The molecule has 0 radical (unpaired) electrons. The van der Waals surface area contributed by atoms with Gasteiger partial charge in [0.25, 0.3) is 0 Å². The van der Waals surface area contributed by atoms with Crippen LogP contribution >= 0.6 is 0 Å². The van der Waals surface area contributed by atoms with Crippen molar-refractivity contribution < 1.29 is 185 Å². The van der Waals surface area contributed by atoms with Gasteiger partial charge in [-0.25, -0.2) is 0 Å². The van der Waals surface area contributed by atoms with E-state index >= 15 is 0 Å². The predicted molar refractivity (Wildman–Crippen MR) is 39.9 cm³/mol. The van der Waals surface area contributed by atoms with Crippen LogP contribution in [0.3, 0.4) is 0 Å². The zero-order valence-corrected chi connectivity index (χ0v) is 21.8. The summed E-state index contributed by atoms with van der Waals surface area (Å²) >= 11 is 0. The molecule has 0 atom stereocenters. The molecule has 0 aromatic carbocycles. The van der Waals surface area contributed by atoms with Crippen LogP contribution in [0.2, 0.25) is 0 Å². The molecule has 0 bridgehead atoms. The molecule has 0 amide bonds. The molecule has 0 fully saturated rings. The van der Waals surface area contributed by atoms with Gasteiger partial charge in [0, 0.05) is 30.7 Å². The molecule has 13 heteroatoms. The summed E-state index contributed by atoms with van der Waals surface area (Å²) in [6.45, 7) is 0.972. The van der Waals surface area contributed by atoms with Crippen molar-refractivity contribution in [2.24, 2.45) is 0 Å². The third-order valence-electron chi connectivity index (χ3n) is 1.25. The number of aliphatic carboxylic acids is 4. The predicted octanol–water partition coefficient (Wildman–Crippen LogP) is -18.5. The summed E-state index contributed by atoms with van der Waals surface area (Å²) in [6, 6.07) is 0.